The normalized spacial score (nSPS) is 37.2. The van der Waals surface area contributed by atoms with Gasteiger partial charge in [0.15, 0.2) is 0 Å². The highest BCUT2D eigenvalue weighted by Crippen LogP contribution is 2.52. The van der Waals surface area contributed by atoms with E-state index in [1.165, 1.54) is 6.42 Å². The van der Waals surface area contributed by atoms with Gasteiger partial charge in [0.05, 0.1) is 11.2 Å². The minimum Gasteiger partial charge on any atom is -0.428 e. The molecule has 0 aromatic rings. The first-order chi connectivity index (χ1) is 6.87. The molecule has 0 spiro atoms. The van der Waals surface area contributed by atoms with Gasteiger partial charge in [0.2, 0.25) is 0 Å². The lowest BCUT2D eigenvalue weighted by Gasteiger charge is -2.32. The zero-order valence-electron chi connectivity index (χ0n) is 10.4. The van der Waals surface area contributed by atoms with Crippen molar-refractivity contribution in [2.24, 2.45) is 5.92 Å². The van der Waals surface area contributed by atoms with Crippen molar-refractivity contribution in [2.45, 2.75) is 51.1 Å². The van der Waals surface area contributed by atoms with E-state index in [0.29, 0.717) is 11.7 Å². The summed E-state index contributed by atoms with van der Waals surface area (Å²) in [6.45, 7) is 9.31. The van der Waals surface area contributed by atoms with E-state index in [1.807, 2.05) is 0 Å². The van der Waals surface area contributed by atoms with Crippen molar-refractivity contribution in [1.82, 2.24) is 0 Å². The topological polar surface area (TPSA) is 27.7 Å². The van der Waals surface area contributed by atoms with Crippen molar-refractivity contribution in [3.8, 4) is 0 Å². The molecule has 2 aliphatic rings. The monoisotopic (exact) mass is 228 g/mol. The molecule has 0 amide bonds. The zero-order valence-corrected chi connectivity index (χ0v) is 12.4. The zero-order chi connectivity index (χ0) is 11.3. The lowest BCUT2D eigenvalue weighted by atomic mass is 9.81. The maximum absolute atomic E-state index is 6.00. The molecule has 0 aromatic carbocycles. The summed E-state index contributed by atoms with van der Waals surface area (Å²) < 4.78 is 17.3. The van der Waals surface area contributed by atoms with Crippen LogP contribution in [0.3, 0.4) is 0 Å². The molecule has 1 saturated carbocycles. The van der Waals surface area contributed by atoms with Crippen LogP contribution in [0.1, 0.15) is 34.1 Å². The van der Waals surface area contributed by atoms with E-state index in [4.69, 9.17) is 13.7 Å². The van der Waals surface area contributed by atoms with Gasteiger partial charge in [0, 0.05) is 6.61 Å². The van der Waals surface area contributed by atoms with Crippen LogP contribution >= 0.6 is 0 Å². The third kappa shape index (κ3) is 2.03. The van der Waals surface area contributed by atoms with Gasteiger partial charge in [-0.05, 0) is 45.9 Å². The fourth-order valence-electron chi connectivity index (χ4n) is 2.07. The molecule has 2 atom stereocenters. The van der Waals surface area contributed by atoms with Crippen molar-refractivity contribution in [3.63, 3.8) is 0 Å². The Hall–Kier alpha value is 0.162. The Balaban J connectivity index is 1.94. The van der Waals surface area contributed by atoms with Crippen LogP contribution in [0.15, 0.2) is 0 Å². The van der Waals surface area contributed by atoms with Gasteiger partial charge in [-0.1, -0.05) is 0 Å². The molecule has 1 aliphatic carbocycles. The van der Waals surface area contributed by atoms with Gasteiger partial charge in [0.1, 0.15) is 10.5 Å². The van der Waals surface area contributed by atoms with Crippen molar-refractivity contribution < 1.29 is 13.7 Å². The Bertz CT molecular complexity index is 241. The summed E-state index contributed by atoms with van der Waals surface area (Å²) in [5.74, 6) is 1.22. The van der Waals surface area contributed by atoms with Gasteiger partial charge < -0.3 is 13.7 Å². The second kappa shape index (κ2) is 3.58. The fourth-order valence-corrected chi connectivity index (χ4v) is 2.50. The van der Waals surface area contributed by atoms with E-state index in [1.54, 1.807) is 0 Å². The van der Waals surface area contributed by atoms with Crippen molar-refractivity contribution in [3.05, 3.63) is 0 Å². The second-order valence-corrected chi connectivity index (χ2v) is 6.32. The highest BCUT2D eigenvalue weighted by molar-refractivity contribution is 6.48. The molecule has 15 heavy (non-hydrogen) atoms. The van der Waals surface area contributed by atoms with Crippen molar-refractivity contribution in [1.29, 1.82) is 0 Å². The third-order valence-electron chi connectivity index (χ3n) is 3.98. The van der Waals surface area contributed by atoms with Gasteiger partial charge in [-0.3, -0.25) is 0 Å². The van der Waals surface area contributed by atoms with E-state index in [9.17, 15) is 0 Å². The predicted octanol–water partition coefficient (Wildman–Crippen LogP) is 0.766. The second-order valence-electron chi connectivity index (χ2n) is 5.74. The van der Waals surface area contributed by atoms with Gasteiger partial charge in [-0.15, -0.1) is 0 Å². The van der Waals surface area contributed by atoms with Crippen LogP contribution < -0.4 is 0 Å². The molecular formula is C10H21BO3Si. The lowest BCUT2D eigenvalue weighted by Crippen LogP contribution is -2.41. The highest BCUT2D eigenvalue weighted by Gasteiger charge is 2.59. The number of rotatable bonds is 3. The average molecular weight is 228 g/mol. The summed E-state index contributed by atoms with van der Waals surface area (Å²) in [5, 5.41) is 0. The maximum Gasteiger partial charge on any atom is 0.461 e. The highest BCUT2D eigenvalue weighted by atomic mass is 28.2. The summed E-state index contributed by atoms with van der Waals surface area (Å²) in [5.41, 5.74) is -0.376. The Morgan fingerprint density at radius 2 is 1.80 bits per heavy atom. The van der Waals surface area contributed by atoms with Crippen molar-refractivity contribution in [2.75, 3.05) is 6.61 Å². The van der Waals surface area contributed by atoms with E-state index in [0.717, 1.165) is 17.1 Å². The molecule has 2 fully saturated rings. The summed E-state index contributed by atoms with van der Waals surface area (Å²) in [4.78, 5) is 0. The first-order valence-electron chi connectivity index (χ1n) is 5.72. The molecule has 3 nitrogen and oxygen atoms in total. The SMILES string of the molecule is CC1(C)OB(C2CC2CO[SiH3])OC1(C)C. The summed E-state index contributed by atoms with van der Waals surface area (Å²) in [6.07, 6.45) is 1.19. The summed E-state index contributed by atoms with van der Waals surface area (Å²) >= 11 is 0. The molecule has 0 N–H and O–H groups in total. The Morgan fingerprint density at radius 1 is 1.27 bits per heavy atom. The van der Waals surface area contributed by atoms with Crippen LogP contribution in [0.5, 0.6) is 0 Å². The molecule has 5 heteroatoms. The third-order valence-corrected chi connectivity index (χ3v) is 4.31. The Labute approximate surface area is 95.5 Å². The first kappa shape index (κ1) is 11.6. The van der Waals surface area contributed by atoms with E-state index in [-0.39, 0.29) is 18.3 Å². The van der Waals surface area contributed by atoms with Gasteiger partial charge in [-0.25, -0.2) is 0 Å². The van der Waals surface area contributed by atoms with E-state index in [2.05, 4.69) is 27.7 Å². The Morgan fingerprint density at radius 3 is 2.27 bits per heavy atom. The summed E-state index contributed by atoms with van der Waals surface area (Å²) in [7, 11) is 0.815. The molecule has 86 valence electrons. The molecule has 2 rings (SSSR count). The molecular weight excluding hydrogens is 207 g/mol. The number of hydrogen-bond donors (Lipinski definition) is 0. The minimum atomic E-state index is -0.188. The van der Waals surface area contributed by atoms with Crippen molar-refractivity contribution >= 4 is 17.6 Å². The standard InChI is InChI=1S/C10H21BO3Si/c1-9(2)10(3,4)14-11(13-9)8-5-7(8)6-12-15/h7-8H,5-6H2,1-4,15H3. The Kier molecular flexibility index (Phi) is 2.78. The fraction of sp³-hybridized carbons (Fsp3) is 1.00. The minimum absolute atomic E-state index is 0.0168. The molecule has 0 radical (unpaired) electrons. The predicted molar refractivity (Wildman–Crippen MR) is 63.8 cm³/mol. The van der Waals surface area contributed by atoms with Crippen LogP contribution in [0, 0.1) is 5.92 Å². The molecule has 2 unspecified atom stereocenters. The molecule has 0 bridgehead atoms. The van der Waals surface area contributed by atoms with Crippen LogP contribution in [-0.2, 0) is 13.7 Å². The molecule has 1 aliphatic heterocycles. The average Bonchev–Trinajstić information content (AvgIpc) is 2.77. The summed E-state index contributed by atoms with van der Waals surface area (Å²) in [6, 6.07) is 0. The first-order valence-corrected chi connectivity index (χ1v) is 6.53. The van der Waals surface area contributed by atoms with E-state index < -0.39 is 0 Å². The maximum atomic E-state index is 6.00. The lowest BCUT2D eigenvalue weighted by molar-refractivity contribution is 0.00578. The van der Waals surface area contributed by atoms with Crippen LogP contribution in [0.4, 0.5) is 0 Å². The van der Waals surface area contributed by atoms with Gasteiger partial charge >= 0.3 is 7.12 Å². The van der Waals surface area contributed by atoms with Crippen LogP contribution in [0.25, 0.3) is 0 Å². The van der Waals surface area contributed by atoms with Gasteiger partial charge in [0.25, 0.3) is 0 Å². The largest absolute Gasteiger partial charge is 0.461 e. The quantitative estimate of drug-likeness (QED) is 0.668. The van der Waals surface area contributed by atoms with Crippen LogP contribution in [0.2, 0.25) is 5.82 Å². The molecule has 0 aromatic heterocycles. The number of hydrogen-bond acceptors (Lipinski definition) is 3. The smallest absolute Gasteiger partial charge is 0.428 e. The van der Waals surface area contributed by atoms with Gasteiger partial charge in [-0.2, -0.15) is 0 Å². The van der Waals surface area contributed by atoms with Crippen LogP contribution in [-0.4, -0.2) is 35.4 Å². The molecule has 1 saturated heterocycles. The van der Waals surface area contributed by atoms with E-state index >= 15 is 0 Å². The molecule has 1 heterocycles.